The molecule has 0 unspecified atom stereocenters. The van der Waals surface area contributed by atoms with E-state index in [1.54, 1.807) is 16.8 Å². The van der Waals surface area contributed by atoms with Crippen molar-refractivity contribution < 1.29 is 9.72 Å². The van der Waals surface area contributed by atoms with E-state index in [1.165, 1.54) is 11.6 Å². The minimum atomic E-state index is -0.408. The molecule has 0 aliphatic carbocycles. The third-order valence-electron chi connectivity index (χ3n) is 4.89. The molecule has 8 nitrogen and oxygen atoms in total. The molecule has 1 aliphatic rings. The van der Waals surface area contributed by atoms with Crippen LogP contribution >= 0.6 is 0 Å². The molecule has 0 radical (unpaired) electrons. The first-order valence-electron chi connectivity index (χ1n) is 9.18. The van der Waals surface area contributed by atoms with Gasteiger partial charge in [-0.25, -0.2) is 0 Å². The molecule has 1 aliphatic heterocycles. The number of amides is 1. The van der Waals surface area contributed by atoms with Crippen molar-refractivity contribution in [2.24, 2.45) is 7.05 Å². The maximum Gasteiger partial charge on any atom is 0.293 e. The zero-order valence-corrected chi connectivity index (χ0v) is 15.9. The maximum absolute atomic E-state index is 12.2. The Morgan fingerprint density at radius 2 is 2.04 bits per heavy atom. The van der Waals surface area contributed by atoms with E-state index in [9.17, 15) is 14.9 Å². The van der Waals surface area contributed by atoms with E-state index in [-0.39, 0.29) is 17.6 Å². The number of aromatic nitrogens is 2. The lowest BCUT2D eigenvalue weighted by Gasteiger charge is -2.33. The molecule has 3 rings (SSSR count). The van der Waals surface area contributed by atoms with E-state index in [4.69, 9.17) is 0 Å². The Morgan fingerprint density at radius 3 is 2.59 bits per heavy atom. The van der Waals surface area contributed by atoms with E-state index in [0.717, 1.165) is 25.9 Å². The second-order valence-corrected chi connectivity index (χ2v) is 7.30. The smallest absolute Gasteiger partial charge is 0.293 e. The highest BCUT2D eigenvalue weighted by Crippen LogP contribution is 2.35. The van der Waals surface area contributed by atoms with Gasteiger partial charge in [0.15, 0.2) is 0 Å². The monoisotopic (exact) mass is 371 g/mol. The van der Waals surface area contributed by atoms with Crippen molar-refractivity contribution in [3.63, 3.8) is 0 Å². The van der Waals surface area contributed by atoms with Crippen LogP contribution < -0.4 is 10.2 Å². The third kappa shape index (κ3) is 4.27. The van der Waals surface area contributed by atoms with Crippen molar-refractivity contribution in [3.8, 4) is 0 Å². The lowest BCUT2D eigenvalue weighted by molar-refractivity contribution is -0.384. The van der Waals surface area contributed by atoms with Gasteiger partial charge in [0.1, 0.15) is 5.69 Å². The number of nitro benzene ring substituents is 1. The van der Waals surface area contributed by atoms with Crippen molar-refractivity contribution in [2.75, 3.05) is 18.0 Å². The molecule has 27 heavy (non-hydrogen) atoms. The molecule has 1 amide bonds. The molecule has 0 atom stereocenters. The number of piperidine rings is 1. The highest BCUT2D eigenvalue weighted by molar-refractivity contribution is 5.96. The van der Waals surface area contributed by atoms with Gasteiger partial charge in [-0.15, -0.1) is 0 Å². The fraction of sp³-hybridized carbons (Fsp3) is 0.474. The first-order chi connectivity index (χ1) is 12.8. The van der Waals surface area contributed by atoms with Crippen molar-refractivity contribution in [3.05, 3.63) is 51.8 Å². The molecule has 8 heteroatoms. The summed E-state index contributed by atoms with van der Waals surface area (Å²) in [5.74, 6) is 0.125. The summed E-state index contributed by atoms with van der Waals surface area (Å²) in [4.78, 5) is 25.4. The van der Waals surface area contributed by atoms with Gasteiger partial charge in [0.2, 0.25) is 0 Å². The topological polar surface area (TPSA) is 93.3 Å². The second-order valence-electron chi connectivity index (χ2n) is 7.30. The lowest BCUT2D eigenvalue weighted by Crippen LogP contribution is -2.33. The summed E-state index contributed by atoms with van der Waals surface area (Å²) in [6.07, 6.45) is 5.76. The van der Waals surface area contributed by atoms with Crippen LogP contribution in [-0.2, 0) is 7.05 Å². The van der Waals surface area contributed by atoms with Crippen LogP contribution in [0.4, 0.5) is 11.4 Å². The maximum atomic E-state index is 12.2. The molecule has 2 aromatic rings. The zero-order valence-electron chi connectivity index (χ0n) is 15.9. The van der Waals surface area contributed by atoms with E-state index in [1.807, 2.05) is 38.2 Å². The van der Waals surface area contributed by atoms with Crippen LogP contribution in [0.1, 0.15) is 48.5 Å². The average Bonchev–Trinajstić information content (AvgIpc) is 3.07. The summed E-state index contributed by atoms with van der Waals surface area (Å²) in [6.45, 7) is 5.18. The van der Waals surface area contributed by atoms with Gasteiger partial charge in [-0.1, -0.05) is 0 Å². The molecule has 0 saturated carbocycles. The molecule has 2 heterocycles. The van der Waals surface area contributed by atoms with Gasteiger partial charge in [-0.2, -0.15) is 5.10 Å². The standard InChI is InChI=1S/C19H25N5O3/c1-13(2)21-19(25)15-4-5-17(18(10-15)24(26)27)23-8-6-14(7-9-23)16-11-20-22(3)12-16/h4-5,10-14H,6-9H2,1-3H3,(H,21,25). The van der Waals surface area contributed by atoms with E-state index in [0.29, 0.717) is 17.2 Å². The molecular formula is C19H25N5O3. The van der Waals surface area contributed by atoms with E-state index < -0.39 is 4.92 Å². The summed E-state index contributed by atoms with van der Waals surface area (Å²) in [7, 11) is 1.90. The minimum absolute atomic E-state index is 0.0220. The van der Waals surface area contributed by atoms with Crippen LogP contribution in [0, 0.1) is 10.1 Å². The van der Waals surface area contributed by atoms with Crippen LogP contribution in [0.25, 0.3) is 0 Å². The van der Waals surface area contributed by atoms with Crippen molar-refractivity contribution in [2.45, 2.75) is 38.6 Å². The summed E-state index contributed by atoms with van der Waals surface area (Å²) in [6, 6.07) is 4.70. The van der Waals surface area contributed by atoms with Gasteiger partial charge in [0.05, 0.1) is 11.1 Å². The molecular weight excluding hydrogens is 346 g/mol. The molecule has 1 N–H and O–H groups in total. The normalized spacial score (nSPS) is 15.2. The molecule has 0 spiro atoms. The Morgan fingerprint density at radius 1 is 1.33 bits per heavy atom. The van der Waals surface area contributed by atoms with Crippen molar-refractivity contribution in [1.29, 1.82) is 0 Å². The molecule has 144 valence electrons. The van der Waals surface area contributed by atoms with Gasteiger partial charge in [-0.3, -0.25) is 19.6 Å². The average molecular weight is 371 g/mol. The predicted molar refractivity (Wildman–Crippen MR) is 103 cm³/mol. The summed E-state index contributed by atoms with van der Waals surface area (Å²) < 4.78 is 1.80. The first-order valence-corrected chi connectivity index (χ1v) is 9.18. The molecule has 1 saturated heterocycles. The molecule has 0 bridgehead atoms. The second kappa shape index (κ2) is 7.77. The third-order valence-corrected chi connectivity index (χ3v) is 4.89. The minimum Gasteiger partial charge on any atom is -0.366 e. The lowest BCUT2D eigenvalue weighted by atomic mass is 9.91. The van der Waals surface area contributed by atoms with Crippen LogP contribution in [-0.4, -0.2) is 39.7 Å². The van der Waals surface area contributed by atoms with Crippen LogP contribution in [0.5, 0.6) is 0 Å². The Balaban J connectivity index is 1.76. The number of nitrogens with zero attached hydrogens (tertiary/aromatic N) is 4. The number of carbonyl (C=O) groups excluding carboxylic acids is 1. The largest absolute Gasteiger partial charge is 0.366 e. The first kappa shape index (κ1) is 18.9. The molecule has 1 aromatic heterocycles. The Kier molecular flexibility index (Phi) is 5.43. The van der Waals surface area contributed by atoms with Crippen LogP contribution in [0.15, 0.2) is 30.6 Å². The number of nitrogens with one attached hydrogen (secondary N) is 1. The van der Waals surface area contributed by atoms with E-state index in [2.05, 4.69) is 10.4 Å². The zero-order chi connectivity index (χ0) is 19.6. The quantitative estimate of drug-likeness (QED) is 0.644. The van der Waals surface area contributed by atoms with Gasteiger partial charge in [0, 0.05) is 44.0 Å². The number of hydrogen-bond acceptors (Lipinski definition) is 5. The number of carbonyl (C=O) groups is 1. The van der Waals surface area contributed by atoms with Gasteiger partial charge >= 0.3 is 0 Å². The number of anilines is 1. The summed E-state index contributed by atoms with van der Waals surface area (Å²) in [5, 5.41) is 18.6. The van der Waals surface area contributed by atoms with Gasteiger partial charge < -0.3 is 10.2 Å². The van der Waals surface area contributed by atoms with Gasteiger partial charge in [0.25, 0.3) is 11.6 Å². The summed E-state index contributed by atoms with van der Waals surface area (Å²) >= 11 is 0. The number of nitro groups is 1. The summed E-state index contributed by atoms with van der Waals surface area (Å²) in [5.41, 5.74) is 2.08. The van der Waals surface area contributed by atoms with Crippen molar-refractivity contribution >= 4 is 17.3 Å². The molecule has 1 fully saturated rings. The van der Waals surface area contributed by atoms with E-state index >= 15 is 0 Å². The SMILES string of the molecule is CC(C)NC(=O)c1ccc(N2CCC(c3cnn(C)c3)CC2)c([N+](=O)[O-])c1. The Bertz CT molecular complexity index is 838. The van der Waals surface area contributed by atoms with Crippen LogP contribution in [0.2, 0.25) is 0 Å². The predicted octanol–water partition coefficient (Wildman–Crippen LogP) is 2.85. The highest BCUT2D eigenvalue weighted by atomic mass is 16.6. The fourth-order valence-corrected chi connectivity index (χ4v) is 3.53. The van der Waals surface area contributed by atoms with Crippen LogP contribution in [0.3, 0.4) is 0 Å². The Labute approximate surface area is 158 Å². The number of benzene rings is 1. The van der Waals surface area contributed by atoms with Gasteiger partial charge in [-0.05, 0) is 50.3 Å². The van der Waals surface area contributed by atoms with Crippen molar-refractivity contribution in [1.82, 2.24) is 15.1 Å². The fourth-order valence-electron chi connectivity index (χ4n) is 3.53. The molecule has 1 aromatic carbocycles. The Hall–Kier alpha value is -2.90. The number of aryl methyl sites for hydroxylation is 1. The number of rotatable bonds is 5. The number of hydrogen-bond donors (Lipinski definition) is 1. The highest BCUT2D eigenvalue weighted by Gasteiger charge is 2.27.